The first-order chi connectivity index (χ1) is 40.1. The van der Waals surface area contributed by atoms with Crippen LogP contribution in [0.15, 0.2) is 123 Å². The average Bonchev–Trinajstić information content (AvgIpc) is 2.43. The van der Waals surface area contributed by atoms with Crippen molar-refractivity contribution in [1.82, 2.24) is 9.44 Å². The highest BCUT2D eigenvalue weighted by atomic mass is 35.5. The lowest BCUT2D eigenvalue weighted by Gasteiger charge is -2.45. The Balaban J connectivity index is 0.000000202. The second-order valence-electron chi connectivity index (χ2n) is 24.6. The number of nitrogens with zero attached hydrogens (tertiary/aromatic N) is 2. The summed E-state index contributed by atoms with van der Waals surface area (Å²) < 4.78 is 68.0. The van der Waals surface area contributed by atoms with E-state index in [1.807, 2.05) is 12.1 Å². The molecule has 14 nitrogen and oxygen atoms in total. The molecule has 4 aliphatic carbocycles. The number of sulfonamides is 2. The molecule has 10 rings (SSSR count). The third-order valence-corrected chi connectivity index (χ3v) is 21.9. The first-order valence-electron chi connectivity index (χ1n) is 29.6. The Morgan fingerprint density at radius 3 is 1.39 bits per heavy atom. The van der Waals surface area contributed by atoms with Crippen LogP contribution in [0.4, 0.5) is 11.4 Å². The number of aliphatic hydroxyl groups excluding tert-OH is 2. The molecule has 2 heterocycles. The molecule has 4 aromatic rings. The van der Waals surface area contributed by atoms with Crippen molar-refractivity contribution in [2.45, 2.75) is 114 Å². The number of anilines is 2. The van der Waals surface area contributed by atoms with E-state index in [4.69, 9.17) is 32.7 Å². The fraction of sp³-hybridized carbons (Fsp3) is 0.485. The maximum atomic E-state index is 13.2. The highest BCUT2D eigenvalue weighted by Gasteiger charge is 2.46. The predicted octanol–water partition coefficient (Wildman–Crippen LogP) is 11.3. The summed E-state index contributed by atoms with van der Waals surface area (Å²) >= 11 is 12.8. The first kappa shape index (κ1) is 62.9. The number of hydrogen-bond acceptors (Lipinski definition) is 12. The van der Waals surface area contributed by atoms with Crippen molar-refractivity contribution in [3.8, 4) is 11.5 Å². The summed E-state index contributed by atoms with van der Waals surface area (Å²) in [6, 6.07) is 22.5. The van der Waals surface area contributed by atoms with Crippen molar-refractivity contribution < 1.29 is 46.1 Å². The molecule has 6 aliphatic rings. The lowest BCUT2D eigenvalue weighted by atomic mass is 9.68. The van der Waals surface area contributed by atoms with E-state index in [1.54, 1.807) is 74.5 Å². The van der Waals surface area contributed by atoms with Gasteiger partial charge in [-0.15, -0.1) is 26.3 Å². The van der Waals surface area contributed by atoms with Gasteiger partial charge < -0.3 is 29.5 Å². The Hall–Kier alpha value is -5.62. The summed E-state index contributed by atoms with van der Waals surface area (Å²) in [5.74, 6) is -0.143. The highest BCUT2D eigenvalue weighted by Crippen LogP contribution is 2.49. The highest BCUT2D eigenvalue weighted by molar-refractivity contribution is 7.90. The third kappa shape index (κ3) is 14.3. The van der Waals surface area contributed by atoms with Gasteiger partial charge in [-0.3, -0.25) is 9.59 Å². The van der Waals surface area contributed by atoms with Crippen LogP contribution in [-0.4, -0.2) is 102 Å². The van der Waals surface area contributed by atoms with Crippen molar-refractivity contribution >= 4 is 66.4 Å². The zero-order chi connectivity index (χ0) is 60.1. The number of ether oxygens (including phenoxy) is 2. The van der Waals surface area contributed by atoms with Gasteiger partial charge in [0, 0.05) is 58.2 Å². The Bertz CT molecular complexity index is 3140. The van der Waals surface area contributed by atoms with Crippen LogP contribution in [-0.2, 0) is 43.7 Å². The van der Waals surface area contributed by atoms with Crippen LogP contribution in [0.25, 0.3) is 0 Å². The molecule has 0 unspecified atom stereocenters. The molecule has 4 aromatic carbocycles. The van der Waals surface area contributed by atoms with Gasteiger partial charge in [-0.05, 0) is 195 Å². The second kappa shape index (κ2) is 26.6. The summed E-state index contributed by atoms with van der Waals surface area (Å²) in [5, 5.41) is 23.0. The van der Waals surface area contributed by atoms with Gasteiger partial charge in [-0.2, -0.15) is 0 Å². The van der Waals surface area contributed by atoms with Gasteiger partial charge in [-0.1, -0.05) is 73.5 Å². The second-order valence-corrected chi connectivity index (χ2v) is 29.0. The summed E-state index contributed by atoms with van der Waals surface area (Å²) in [7, 11) is -7.68. The molecule has 18 heteroatoms. The van der Waals surface area contributed by atoms with E-state index < -0.39 is 44.1 Å². The molecule has 84 heavy (non-hydrogen) atoms. The molecular formula is C66H82Cl2N4O10S2. The van der Waals surface area contributed by atoms with Gasteiger partial charge in [0.15, 0.2) is 0 Å². The fourth-order valence-corrected chi connectivity index (χ4v) is 16.7. The van der Waals surface area contributed by atoms with Crippen molar-refractivity contribution in [2.24, 2.45) is 35.5 Å². The number of halogens is 2. The van der Waals surface area contributed by atoms with Gasteiger partial charge in [0.2, 0.25) is 20.0 Å². The monoisotopic (exact) mass is 1220 g/mol. The molecule has 0 saturated heterocycles. The minimum atomic E-state index is -3.84. The van der Waals surface area contributed by atoms with E-state index in [0.717, 1.165) is 85.6 Å². The predicted molar refractivity (Wildman–Crippen MR) is 336 cm³/mol. The lowest BCUT2D eigenvalue weighted by molar-refractivity contribution is 0.0176. The molecule has 10 atom stereocenters. The van der Waals surface area contributed by atoms with Gasteiger partial charge in [-0.25, -0.2) is 26.3 Å². The van der Waals surface area contributed by atoms with Crippen molar-refractivity contribution in [3.05, 3.63) is 167 Å². The number of rotatable bonds is 20. The van der Waals surface area contributed by atoms with Crippen LogP contribution >= 0.6 is 23.2 Å². The number of aryl methyl sites for hydroxylation is 2. The first-order valence-corrected chi connectivity index (χ1v) is 33.7. The van der Waals surface area contributed by atoms with E-state index in [-0.39, 0.29) is 69.0 Å². The zero-order valence-corrected chi connectivity index (χ0v) is 51.6. The number of fused-ring (bicyclic) bond motifs is 6. The maximum absolute atomic E-state index is 13.2. The molecule has 452 valence electrons. The van der Waals surface area contributed by atoms with Crippen LogP contribution in [0.3, 0.4) is 0 Å². The maximum Gasteiger partial charge on any atom is 0.264 e. The van der Waals surface area contributed by atoms with E-state index in [9.17, 15) is 36.6 Å². The number of carbonyl (C=O) groups is 2. The number of aliphatic hydroxyl groups is 2. The summed E-state index contributed by atoms with van der Waals surface area (Å²) in [6.45, 7) is 22.1. The number of amides is 2. The Morgan fingerprint density at radius 2 is 1.04 bits per heavy atom. The van der Waals surface area contributed by atoms with Gasteiger partial charge in [0.25, 0.3) is 11.8 Å². The number of benzene rings is 4. The smallest absolute Gasteiger partial charge is 0.264 e. The summed E-state index contributed by atoms with van der Waals surface area (Å²) in [4.78, 5) is 30.9. The van der Waals surface area contributed by atoms with E-state index in [1.165, 1.54) is 22.3 Å². The molecule has 0 aromatic heterocycles. The van der Waals surface area contributed by atoms with Crippen molar-refractivity contribution in [2.75, 3.05) is 60.7 Å². The minimum Gasteiger partial charge on any atom is -0.490 e. The largest absolute Gasteiger partial charge is 0.490 e. The Labute approximate surface area is 507 Å². The number of carbonyl (C=O) groups excluding carboxylic acids is 2. The topological polar surface area (TPSA) is 192 Å². The Kier molecular flexibility index (Phi) is 19.9. The average molecular weight is 1230 g/mol. The van der Waals surface area contributed by atoms with Crippen LogP contribution in [0.1, 0.15) is 121 Å². The van der Waals surface area contributed by atoms with Crippen LogP contribution in [0.2, 0.25) is 10.0 Å². The van der Waals surface area contributed by atoms with E-state index >= 15 is 0 Å². The molecular weight excluding hydrogens is 1140 g/mol. The molecule has 4 N–H and O–H groups in total. The van der Waals surface area contributed by atoms with Gasteiger partial charge >= 0.3 is 0 Å². The van der Waals surface area contributed by atoms with Crippen LogP contribution in [0, 0.1) is 35.5 Å². The number of allylic oxidation sites excluding steroid dienone is 2. The fourth-order valence-electron chi connectivity index (χ4n) is 13.7. The molecule has 2 amide bonds. The van der Waals surface area contributed by atoms with Gasteiger partial charge in [0.05, 0.1) is 48.3 Å². The summed E-state index contributed by atoms with van der Waals surface area (Å²) in [5.41, 5.74) is 6.45. The lowest BCUT2D eigenvalue weighted by Crippen LogP contribution is -2.49. The zero-order valence-electron chi connectivity index (χ0n) is 48.5. The van der Waals surface area contributed by atoms with Gasteiger partial charge in [0.1, 0.15) is 11.5 Å². The van der Waals surface area contributed by atoms with Crippen molar-refractivity contribution in [3.63, 3.8) is 0 Å². The quantitative estimate of drug-likeness (QED) is 0.0613. The number of nitrogens with one attached hydrogen (secondary N) is 2. The van der Waals surface area contributed by atoms with Crippen LogP contribution < -0.4 is 28.7 Å². The molecule has 2 spiro atoms. The van der Waals surface area contributed by atoms with Crippen LogP contribution in [0.5, 0.6) is 11.5 Å². The standard InChI is InChI=1S/2C33H41ClN2O5S/c2*1-4-7-30(37)27-12-9-25(27)18-36-20-33(15-6-8-23-16-26(34)11-13-28(23)33)21-41-31-14-10-24(17-29(31)36)32(38)35-42(39,40)19-22(3)5-2/h2*4-5,10-11,13-14,16-17,22,25,27,30,37H,1-2,6-9,12,15,18-21H2,3H3,(H,35,38)/t22-,25+,27-,30+,33+;22-,25-,27+,30-,33-/m10/s1. The number of hydrogen-bond donors (Lipinski definition) is 4. The molecule has 2 fully saturated rings. The summed E-state index contributed by atoms with van der Waals surface area (Å²) in [6.07, 6.45) is 16.7. The Morgan fingerprint density at radius 1 is 0.631 bits per heavy atom. The SMILES string of the molecule is C=CC[C@H](O)[C@@H]1CC[C@H]1CN1C[C@@]2(CCCc3cc(Cl)ccc32)COc2ccc(C(=O)NS(=O)(=O)C[C@@H](C)C=C)cc21.C=CC[C@H](O)[C@@H]1CC[C@H]1CN1C[C@@]2(CCCc3cc(Cl)ccc32)COc2ccc(C(=O)NS(=O)(=O)C[C@H](C)C=C)cc21. The van der Waals surface area contributed by atoms with Crippen molar-refractivity contribution in [1.29, 1.82) is 0 Å². The molecule has 0 radical (unpaired) electrons. The van der Waals surface area contributed by atoms with E-state index in [0.29, 0.717) is 63.7 Å². The molecule has 0 bridgehead atoms. The third-order valence-electron chi connectivity index (χ3n) is 18.5. The minimum absolute atomic E-state index is 0.174. The molecule has 2 aliphatic heterocycles. The van der Waals surface area contributed by atoms with E-state index in [2.05, 4.69) is 69.8 Å². The molecule has 2 saturated carbocycles. The normalized spacial score (nSPS) is 24.7.